The predicted octanol–water partition coefficient (Wildman–Crippen LogP) is 11.0. The maximum absolute atomic E-state index is 14.0. The van der Waals surface area contributed by atoms with Gasteiger partial charge in [-0.1, -0.05) is 24.2 Å². The zero-order valence-corrected chi connectivity index (χ0v) is 39.1. The third kappa shape index (κ3) is 8.25. The largest absolute Gasteiger partial charge is 0.443 e. The first-order chi connectivity index (χ1) is 30.2. The van der Waals surface area contributed by atoms with Gasteiger partial charge in [0, 0.05) is 35.6 Å². The SMILES string of the molecule is CON(C)C(C)c1cc(-c2c(C)noc2C)cc2c1nc(C1CC1)n2C(=O)OC(C)(C)C.Cc1nc(C(O)(c2cc(-c3c(C)noc3C)cc3[nH]c(C4CC4)nc23)C(C)C)ccc1F. The molecule has 64 heavy (non-hydrogen) atoms. The number of aromatic amines is 1. The third-order valence-corrected chi connectivity index (χ3v) is 12.5. The molecule has 0 saturated heterocycles. The molecule has 9 rings (SSSR count). The molecule has 5 heterocycles. The first-order valence-electron chi connectivity index (χ1n) is 22.0. The first-order valence-corrected chi connectivity index (χ1v) is 22.0. The van der Waals surface area contributed by atoms with Crippen molar-refractivity contribution < 1.29 is 32.9 Å². The van der Waals surface area contributed by atoms with Crippen molar-refractivity contribution in [3.05, 3.63) is 99.3 Å². The van der Waals surface area contributed by atoms with Gasteiger partial charge in [0.1, 0.15) is 40.2 Å². The monoisotopic (exact) mass is 874 g/mol. The molecule has 0 spiro atoms. The average molecular weight is 875 g/mol. The molecule has 2 aromatic carbocycles. The quantitative estimate of drug-likeness (QED) is 0.125. The van der Waals surface area contributed by atoms with E-state index in [0.29, 0.717) is 28.5 Å². The Bertz CT molecular complexity index is 2850. The smallest absolute Gasteiger partial charge is 0.420 e. The Labute approximate surface area is 372 Å². The van der Waals surface area contributed by atoms with E-state index in [4.69, 9.17) is 28.6 Å². The standard InChI is InChI=1S/C25H27FN4O2.C24H32N4O4/c1-12(2)25(31,21-9-8-19(26)13(3)27-21)18-10-17(22-14(4)30-32-15(22)5)11-20-23(18)29-24(28-20)16-6-7-16;1-13-20(15(3)32-26-13)17-11-18(14(2)27(7)30-8)21-19(12-17)28(22(25-21)16-9-10-16)23(29)31-24(4,5)6/h8-12,16,31H,6-7H2,1-5H3,(H,28,29);11-12,14,16H,9-10H2,1-8H3. The predicted molar refractivity (Wildman–Crippen MR) is 241 cm³/mol. The summed E-state index contributed by atoms with van der Waals surface area (Å²) in [7, 11) is 3.52. The van der Waals surface area contributed by atoms with Crippen LogP contribution in [0.5, 0.6) is 0 Å². The van der Waals surface area contributed by atoms with Gasteiger partial charge in [0.25, 0.3) is 0 Å². The number of fused-ring (bicyclic) bond motifs is 2. The highest BCUT2D eigenvalue weighted by Crippen LogP contribution is 2.46. The van der Waals surface area contributed by atoms with Crippen LogP contribution in [0.1, 0.15) is 142 Å². The van der Waals surface area contributed by atoms with Gasteiger partial charge in [-0.3, -0.25) is 4.98 Å². The number of ether oxygens (including phenoxy) is 1. The molecule has 14 nitrogen and oxygen atoms in total. The summed E-state index contributed by atoms with van der Waals surface area (Å²) in [6.45, 7) is 20.7. The Morgan fingerprint density at radius 2 is 1.47 bits per heavy atom. The third-order valence-electron chi connectivity index (χ3n) is 12.5. The highest BCUT2D eigenvalue weighted by Gasteiger charge is 2.41. The number of aromatic nitrogens is 7. The van der Waals surface area contributed by atoms with Crippen LogP contribution in [0.3, 0.4) is 0 Å². The number of H-pyrrole nitrogens is 1. The molecule has 15 heteroatoms. The molecular weight excluding hydrogens is 816 g/mol. The van der Waals surface area contributed by atoms with Crippen molar-refractivity contribution >= 4 is 28.2 Å². The van der Waals surface area contributed by atoms with Crippen LogP contribution in [0.25, 0.3) is 44.3 Å². The van der Waals surface area contributed by atoms with Gasteiger partial charge in [0.15, 0.2) is 0 Å². The van der Waals surface area contributed by atoms with Crippen molar-refractivity contribution in [2.24, 2.45) is 5.92 Å². The summed E-state index contributed by atoms with van der Waals surface area (Å²) in [4.78, 5) is 36.6. The molecule has 2 fully saturated rings. The van der Waals surface area contributed by atoms with Gasteiger partial charge < -0.3 is 28.7 Å². The molecule has 0 amide bonds. The molecule has 0 bridgehead atoms. The van der Waals surface area contributed by atoms with Crippen LogP contribution in [0.4, 0.5) is 9.18 Å². The van der Waals surface area contributed by atoms with Crippen LogP contribution in [0.15, 0.2) is 45.4 Å². The fraction of sp³-hybridized carbons (Fsp3) is 0.469. The second-order valence-electron chi connectivity index (χ2n) is 18.8. The van der Waals surface area contributed by atoms with Gasteiger partial charge in [-0.2, -0.15) is 5.06 Å². The van der Waals surface area contributed by atoms with E-state index in [-0.39, 0.29) is 23.6 Å². The number of nitrogens with zero attached hydrogens (tertiary/aromatic N) is 7. The Morgan fingerprint density at radius 3 is 1.98 bits per heavy atom. The number of halogens is 1. The van der Waals surface area contributed by atoms with Crippen LogP contribution >= 0.6 is 0 Å². The Kier molecular flexibility index (Phi) is 11.7. The number of nitrogens with one attached hydrogen (secondary N) is 1. The van der Waals surface area contributed by atoms with Crippen LogP contribution < -0.4 is 0 Å². The number of pyridine rings is 1. The van der Waals surface area contributed by atoms with Crippen molar-refractivity contribution in [2.45, 2.75) is 131 Å². The van der Waals surface area contributed by atoms with Gasteiger partial charge in [-0.05, 0) is 147 Å². The number of hydrogen-bond donors (Lipinski definition) is 2. The molecule has 2 aliphatic carbocycles. The minimum Gasteiger partial charge on any atom is -0.443 e. The lowest BCUT2D eigenvalue weighted by Gasteiger charge is -2.33. The molecule has 2 atom stereocenters. The van der Waals surface area contributed by atoms with Crippen LogP contribution in [-0.2, 0) is 15.2 Å². The van der Waals surface area contributed by atoms with Gasteiger partial charge in [-0.25, -0.2) is 23.7 Å². The zero-order valence-electron chi connectivity index (χ0n) is 39.1. The van der Waals surface area contributed by atoms with Crippen molar-refractivity contribution in [2.75, 3.05) is 14.2 Å². The molecule has 2 saturated carbocycles. The topological polar surface area (TPSA) is 170 Å². The number of hydrogen-bond acceptors (Lipinski definition) is 12. The number of hydroxylamine groups is 2. The minimum atomic E-state index is -1.47. The van der Waals surface area contributed by atoms with E-state index in [1.807, 2.05) is 87.6 Å². The lowest BCUT2D eigenvalue weighted by atomic mass is 9.78. The van der Waals surface area contributed by atoms with Gasteiger partial charge >= 0.3 is 6.09 Å². The second kappa shape index (κ2) is 16.7. The number of aryl methyl sites for hydroxylation is 5. The number of carbonyl (C=O) groups excluding carboxylic acids is 1. The van der Waals surface area contributed by atoms with E-state index < -0.39 is 23.1 Å². The molecule has 2 unspecified atom stereocenters. The van der Waals surface area contributed by atoms with Crippen LogP contribution in [0, 0.1) is 46.4 Å². The van der Waals surface area contributed by atoms with E-state index in [9.17, 15) is 14.3 Å². The highest BCUT2D eigenvalue weighted by molar-refractivity contribution is 5.93. The van der Waals surface area contributed by atoms with Crippen LogP contribution in [-0.4, -0.2) is 70.8 Å². The van der Waals surface area contributed by atoms with Crippen molar-refractivity contribution in [1.82, 2.24) is 39.9 Å². The molecular formula is C49H59FN8O6. The summed E-state index contributed by atoms with van der Waals surface area (Å²) in [5, 5.41) is 22.2. The lowest BCUT2D eigenvalue weighted by molar-refractivity contribution is -0.137. The number of rotatable bonds is 10. The maximum atomic E-state index is 14.0. The van der Waals surface area contributed by atoms with Crippen molar-refractivity contribution in [3.63, 3.8) is 0 Å². The molecule has 0 radical (unpaired) electrons. The van der Waals surface area contributed by atoms with E-state index in [0.717, 1.165) is 98.8 Å². The van der Waals surface area contributed by atoms with Crippen LogP contribution in [0.2, 0.25) is 0 Å². The summed E-state index contributed by atoms with van der Waals surface area (Å²) in [5.41, 5.74) is 8.43. The van der Waals surface area contributed by atoms with Gasteiger partial charge in [0.2, 0.25) is 0 Å². The molecule has 0 aliphatic heterocycles. The minimum absolute atomic E-state index is 0.100. The van der Waals surface area contributed by atoms with Crippen molar-refractivity contribution in [1.29, 1.82) is 0 Å². The highest BCUT2D eigenvalue weighted by atomic mass is 19.1. The fourth-order valence-corrected chi connectivity index (χ4v) is 8.57. The molecule has 2 N–H and O–H groups in total. The molecule has 7 aromatic rings. The van der Waals surface area contributed by atoms with E-state index in [1.165, 1.54) is 6.07 Å². The molecule has 5 aromatic heterocycles. The summed E-state index contributed by atoms with van der Waals surface area (Å²) in [6.07, 6.45) is 3.85. The molecule has 338 valence electrons. The number of carbonyl (C=O) groups is 1. The number of aliphatic hydroxyl groups is 1. The Hall–Kier alpha value is -5.77. The zero-order chi connectivity index (χ0) is 46.2. The fourth-order valence-electron chi connectivity index (χ4n) is 8.57. The van der Waals surface area contributed by atoms with Gasteiger partial charge in [0.05, 0.1) is 58.0 Å². The maximum Gasteiger partial charge on any atom is 0.420 e. The normalized spacial score (nSPS) is 15.8. The second-order valence-corrected chi connectivity index (χ2v) is 18.8. The van der Waals surface area contributed by atoms with E-state index in [2.05, 4.69) is 33.3 Å². The van der Waals surface area contributed by atoms with E-state index in [1.54, 1.807) is 29.7 Å². The average Bonchev–Trinajstić information content (AvgIpc) is 4.14. The summed E-state index contributed by atoms with van der Waals surface area (Å²) in [6, 6.07) is 10.9. The summed E-state index contributed by atoms with van der Waals surface area (Å²) < 4.78 is 32.3. The Morgan fingerprint density at radius 1 is 0.859 bits per heavy atom. The van der Waals surface area contributed by atoms with Crippen molar-refractivity contribution in [3.8, 4) is 22.3 Å². The first kappa shape index (κ1) is 44.8. The number of imidazole rings is 2. The van der Waals surface area contributed by atoms with E-state index >= 15 is 0 Å². The number of benzene rings is 2. The molecule has 2 aliphatic rings. The van der Waals surface area contributed by atoms with Gasteiger partial charge in [-0.15, -0.1) is 0 Å². The summed E-state index contributed by atoms with van der Waals surface area (Å²) >= 11 is 0. The lowest BCUT2D eigenvalue weighted by Crippen LogP contribution is -2.35. The Balaban J connectivity index is 0.000000175. The summed E-state index contributed by atoms with van der Waals surface area (Å²) in [5.74, 6) is 3.18.